The van der Waals surface area contributed by atoms with Crippen LogP contribution in [0.5, 0.6) is 0 Å². The van der Waals surface area contributed by atoms with Crippen LogP contribution >= 0.6 is 0 Å². The van der Waals surface area contributed by atoms with Crippen molar-refractivity contribution in [3.8, 4) is 0 Å². The number of rotatable bonds is 3. The highest BCUT2D eigenvalue weighted by Crippen LogP contribution is 2.76. The molecule has 1 aromatic carbocycles. The zero-order valence-electron chi connectivity index (χ0n) is 28.3. The number of carbonyl (C=O) groups is 1. The molecule has 4 saturated carbocycles. The van der Waals surface area contributed by atoms with E-state index >= 15 is 0 Å². The minimum Gasteiger partial charge on any atom is -0.481 e. The number of halogens is 1. The van der Waals surface area contributed by atoms with Crippen molar-refractivity contribution >= 4 is 23.7 Å². The lowest BCUT2D eigenvalue weighted by atomic mass is 9.33. The van der Waals surface area contributed by atoms with Crippen molar-refractivity contribution < 1.29 is 14.3 Å². The topological polar surface area (TPSA) is 114 Å². The van der Waals surface area contributed by atoms with Crippen LogP contribution in [0.1, 0.15) is 105 Å². The summed E-state index contributed by atoms with van der Waals surface area (Å²) in [4.78, 5) is 13.1. The Balaban J connectivity index is 1.48. The number of fused-ring (bicyclic) bond motifs is 7. The van der Waals surface area contributed by atoms with Gasteiger partial charge in [-0.15, -0.1) is 5.10 Å². The third kappa shape index (κ3) is 4.49. The quantitative estimate of drug-likeness (QED) is 0.137. The van der Waals surface area contributed by atoms with Crippen LogP contribution in [0.4, 0.5) is 4.39 Å². The Morgan fingerprint density at radius 1 is 0.978 bits per heavy atom. The number of carboxylic acids is 1. The summed E-state index contributed by atoms with van der Waals surface area (Å²) >= 11 is 0. The van der Waals surface area contributed by atoms with Gasteiger partial charge in [-0.1, -0.05) is 72.2 Å². The van der Waals surface area contributed by atoms with Crippen molar-refractivity contribution in [2.75, 3.05) is 0 Å². The fourth-order valence-corrected chi connectivity index (χ4v) is 11.9. The van der Waals surface area contributed by atoms with Gasteiger partial charge in [0.1, 0.15) is 5.82 Å². The van der Waals surface area contributed by atoms with Crippen molar-refractivity contribution in [1.29, 1.82) is 0 Å². The van der Waals surface area contributed by atoms with Crippen molar-refractivity contribution in [1.82, 2.24) is 0 Å². The predicted molar refractivity (Wildman–Crippen MR) is 180 cm³/mol. The Morgan fingerprint density at radius 2 is 1.67 bits per heavy atom. The highest BCUT2D eigenvalue weighted by atomic mass is 19.1. The first kappa shape index (κ1) is 32.0. The van der Waals surface area contributed by atoms with Crippen molar-refractivity contribution in [2.24, 2.45) is 78.3 Å². The van der Waals surface area contributed by atoms with Gasteiger partial charge in [0, 0.05) is 5.41 Å². The molecular formula is C38H53FN4O2. The third-order valence-corrected chi connectivity index (χ3v) is 14.5. The lowest BCUT2D eigenvalue weighted by Crippen LogP contribution is -2.65. The molecule has 7 heteroatoms. The summed E-state index contributed by atoms with van der Waals surface area (Å²) in [5.74, 6) is 0.811. The molecule has 0 saturated heterocycles. The molecule has 6 rings (SSSR count). The van der Waals surface area contributed by atoms with Gasteiger partial charge in [-0.2, -0.15) is 5.10 Å². The minimum atomic E-state index is -0.643. The Morgan fingerprint density at radius 3 is 2.31 bits per heavy atom. The van der Waals surface area contributed by atoms with Crippen molar-refractivity contribution in [3.05, 3.63) is 52.9 Å². The lowest BCUT2D eigenvalue weighted by molar-refractivity contribution is -0.179. The van der Waals surface area contributed by atoms with Gasteiger partial charge in [0.2, 0.25) is 5.96 Å². The van der Waals surface area contributed by atoms with Crippen LogP contribution in [0.2, 0.25) is 0 Å². The second-order valence-electron chi connectivity index (χ2n) is 16.7. The molecule has 0 heterocycles. The number of nitrogens with zero attached hydrogens (tertiary/aromatic N) is 2. The van der Waals surface area contributed by atoms with E-state index in [0.717, 1.165) is 68.2 Å². The number of allylic oxidation sites excluding steroid dienone is 3. The third-order valence-electron chi connectivity index (χ3n) is 14.5. The molecule has 9 atom stereocenters. The molecule has 0 aromatic heterocycles. The van der Waals surface area contributed by atoms with E-state index in [1.807, 2.05) is 12.1 Å². The van der Waals surface area contributed by atoms with Gasteiger partial charge in [-0.25, -0.2) is 4.39 Å². The SMILES string of the molecule is C[C@@H]1CC[C@]2(C(=O)O)CC[C@]3(C)C(=CCC4[C@@]5(C)CC(=C\c6ccc(F)cc6)/C(=N\N=C(N)N)C(C)(C)C5CC[C@]43C)C2[C@H]1C. The van der Waals surface area contributed by atoms with Crippen LogP contribution < -0.4 is 11.5 Å². The van der Waals surface area contributed by atoms with Crippen LogP contribution in [-0.4, -0.2) is 22.7 Å². The maximum Gasteiger partial charge on any atom is 0.310 e. The Kier molecular flexibility index (Phi) is 7.49. The maximum absolute atomic E-state index is 13.8. The van der Waals surface area contributed by atoms with Gasteiger partial charge in [0.05, 0.1) is 11.1 Å². The standard InChI is InChI=1S/C38H53FN4O2/c1-22-14-17-38(32(44)45)19-18-36(6)27(30(38)23(22)2)12-13-29-35(5)21-25(20-24-8-10-26(39)11-9-24)31(42-43-33(40)41)34(3,4)28(35)15-16-37(29,36)7/h8-12,20,22-23,28-30H,13-19,21H2,1-7H3,(H,44,45)(H4,40,41,43)/b25-20+,42-31+/t22-,23+,28?,29?,30?,35+,36-,37-,38+/m1/s1. The largest absolute Gasteiger partial charge is 0.481 e. The fourth-order valence-electron chi connectivity index (χ4n) is 11.9. The summed E-state index contributed by atoms with van der Waals surface area (Å²) in [6.07, 6.45) is 12.1. The van der Waals surface area contributed by atoms with Gasteiger partial charge in [-0.3, -0.25) is 4.79 Å². The molecule has 1 aromatic rings. The monoisotopic (exact) mass is 616 g/mol. The number of carboxylic acid groups (broad SMARTS) is 1. The lowest BCUT2D eigenvalue weighted by Gasteiger charge is -2.71. The first-order chi connectivity index (χ1) is 21.0. The zero-order valence-corrected chi connectivity index (χ0v) is 28.3. The molecule has 5 N–H and O–H groups in total. The van der Waals surface area contributed by atoms with Crippen LogP contribution in [-0.2, 0) is 4.79 Å². The normalized spacial score (nSPS) is 43.7. The molecule has 0 aliphatic heterocycles. The predicted octanol–water partition coefficient (Wildman–Crippen LogP) is 8.19. The number of nitrogens with two attached hydrogens (primary N) is 2. The Bertz CT molecular complexity index is 1510. The van der Waals surface area contributed by atoms with Gasteiger partial charge in [0.15, 0.2) is 0 Å². The maximum atomic E-state index is 13.8. The Labute approximate surface area is 268 Å². The first-order valence-corrected chi connectivity index (χ1v) is 17.1. The van der Waals surface area contributed by atoms with E-state index in [9.17, 15) is 14.3 Å². The van der Waals surface area contributed by atoms with Crippen LogP contribution in [0.25, 0.3) is 6.08 Å². The average molecular weight is 617 g/mol. The van der Waals surface area contributed by atoms with E-state index in [2.05, 4.69) is 70.8 Å². The van der Waals surface area contributed by atoms with Gasteiger partial charge in [0.25, 0.3) is 0 Å². The van der Waals surface area contributed by atoms with E-state index < -0.39 is 11.4 Å². The van der Waals surface area contributed by atoms with Gasteiger partial charge in [-0.05, 0) is 127 Å². The number of hydrogen-bond acceptors (Lipinski definition) is 3. The van der Waals surface area contributed by atoms with Crippen LogP contribution in [0.3, 0.4) is 0 Å². The molecule has 5 aliphatic carbocycles. The summed E-state index contributed by atoms with van der Waals surface area (Å²) in [6, 6.07) is 6.62. The summed E-state index contributed by atoms with van der Waals surface area (Å²) in [5, 5.41) is 19.6. The zero-order chi connectivity index (χ0) is 32.7. The van der Waals surface area contributed by atoms with E-state index in [1.54, 1.807) is 0 Å². The highest BCUT2D eigenvalue weighted by Gasteiger charge is 2.69. The molecule has 5 aliphatic rings. The summed E-state index contributed by atoms with van der Waals surface area (Å²) in [7, 11) is 0. The molecular weight excluding hydrogens is 563 g/mol. The summed E-state index contributed by atoms with van der Waals surface area (Å²) < 4.78 is 13.8. The van der Waals surface area contributed by atoms with E-state index in [1.165, 1.54) is 17.7 Å². The molecule has 244 valence electrons. The van der Waals surface area contributed by atoms with Gasteiger partial charge >= 0.3 is 5.97 Å². The van der Waals surface area contributed by atoms with Gasteiger partial charge < -0.3 is 16.6 Å². The second-order valence-corrected chi connectivity index (χ2v) is 16.7. The molecule has 3 unspecified atom stereocenters. The molecule has 4 fully saturated rings. The minimum absolute atomic E-state index is 0.0267. The second kappa shape index (κ2) is 10.5. The number of guanidine groups is 1. The van der Waals surface area contributed by atoms with Crippen LogP contribution in [0, 0.1) is 62.5 Å². The molecule has 0 spiro atoms. The highest BCUT2D eigenvalue weighted by molar-refractivity contribution is 6.08. The number of aliphatic carboxylic acids is 1. The fraction of sp³-hybridized carbons (Fsp3) is 0.658. The molecule has 6 nitrogen and oxygen atoms in total. The first-order valence-electron chi connectivity index (χ1n) is 17.1. The summed E-state index contributed by atoms with van der Waals surface area (Å²) in [5.41, 5.74) is 14.9. The average Bonchev–Trinajstić information content (AvgIpc) is 2.95. The Hall–Kier alpha value is -2.96. The summed E-state index contributed by atoms with van der Waals surface area (Å²) in [6.45, 7) is 16.7. The number of benzene rings is 1. The van der Waals surface area contributed by atoms with Crippen molar-refractivity contribution in [3.63, 3.8) is 0 Å². The molecule has 0 bridgehead atoms. The van der Waals surface area contributed by atoms with Crippen LogP contribution in [0.15, 0.2) is 51.7 Å². The van der Waals surface area contributed by atoms with Crippen molar-refractivity contribution in [2.45, 2.75) is 99.8 Å². The van der Waals surface area contributed by atoms with E-state index in [0.29, 0.717) is 23.7 Å². The molecule has 0 radical (unpaired) electrons. The van der Waals surface area contributed by atoms with E-state index in [-0.39, 0.29) is 39.4 Å². The molecule has 0 amide bonds. The smallest absolute Gasteiger partial charge is 0.310 e. The van der Waals surface area contributed by atoms with E-state index in [4.69, 9.17) is 11.5 Å². The molecule has 45 heavy (non-hydrogen) atoms. The number of hydrogen-bond donors (Lipinski definition) is 3.